The van der Waals surface area contributed by atoms with Gasteiger partial charge in [-0.05, 0) is 38.1 Å². The minimum atomic E-state index is -3.78. The van der Waals surface area contributed by atoms with Crippen LogP contribution in [0.2, 0.25) is 0 Å². The average molecular weight is 362 g/mol. The van der Waals surface area contributed by atoms with Gasteiger partial charge < -0.3 is 14.8 Å². The molecule has 2 aromatic carbocycles. The summed E-state index contributed by atoms with van der Waals surface area (Å²) in [6, 6.07) is 10.4. The Kier molecular flexibility index (Phi) is 4.65. The van der Waals surface area contributed by atoms with Crippen LogP contribution in [0.1, 0.15) is 12.5 Å². The van der Waals surface area contributed by atoms with E-state index in [4.69, 9.17) is 9.47 Å². The van der Waals surface area contributed by atoms with Crippen LogP contribution >= 0.6 is 0 Å². The number of rotatable bonds is 5. The van der Waals surface area contributed by atoms with Crippen LogP contribution in [0.25, 0.3) is 0 Å². The van der Waals surface area contributed by atoms with Crippen LogP contribution in [0.3, 0.4) is 0 Å². The van der Waals surface area contributed by atoms with Gasteiger partial charge in [0.2, 0.25) is 22.7 Å². The fourth-order valence-electron chi connectivity index (χ4n) is 2.30. The number of hydrogen-bond donors (Lipinski definition) is 2. The van der Waals surface area contributed by atoms with Crippen LogP contribution in [0.5, 0.6) is 11.5 Å². The molecule has 25 heavy (non-hydrogen) atoms. The van der Waals surface area contributed by atoms with E-state index in [0.717, 1.165) is 5.56 Å². The molecule has 2 N–H and O–H groups in total. The SMILES string of the molecule is Cc1ccc(S(=O)(=O)N[C@@H](C)C(=O)Nc2ccc3c(c2)OCO3)cc1. The number of sulfonamides is 1. The molecule has 3 rings (SSSR count). The van der Waals surface area contributed by atoms with Crippen molar-refractivity contribution in [3.63, 3.8) is 0 Å². The number of carbonyl (C=O) groups excluding carboxylic acids is 1. The molecule has 1 amide bonds. The highest BCUT2D eigenvalue weighted by molar-refractivity contribution is 7.89. The number of nitrogens with one attached hydrogen (secondary N) is 2. The zero-order valence-electron chi connectivity index (χ0n) is 13.8. The topological polar surface area (TPSA) is 93.7 Å². The summed E-state index contributed by atoms with van der Waals surface area (Å²) in [4.78, 5) is 12.4. The highest BCUT2D eigenvalue weighted by Gasteiger charge is 2.22. The van der Waals surface area contributed by atoms with Crippen LogP contribution in [0.4, 0.5) is 5.69 Å². The van der Waals surface area contributed by atoms with Crippen LogP contribution < -0.4 is 19.5 Å². The number of hydrogen-bond acceptors (Lipinski definition) is 5. The van der Waals surface area contributed by atoms with Gasteiger partial charge in [-0.25, -0.2) is 8.42 Å². The molecular weight excluding hydrogens is 344 g/mol. The van der Waals surface area contributed by atoms with Crippen LogP contribution in [0.15, 0.2) is 47.4 Å². The first-order chi connectivity index (χ1) is 11.8. The quantitative estimate of drug-likeness (QED) is 0.849. The van der Waals surface area contributed by atoms with E-state index in [0.29, 0.717) is 17.2 Å². The summed E-state index contributed by atoms with van der Waals surface area (Å²) in [5, 5.41) is 2.65. The predicted octanol–water partition coefficient (Wildman–Crippen LogP) is 2.03. The second-order valence-corrected chi connectivity index (χ2v) is 7.43. The van der Waals surface area contributed by atoms with Crippen LogP contribution in [-0.4, -0.2) is 27.2 Å². The van der Waals surface area contributed by atoms with Gasteiger partial charge in [-0.3, -0.25) is 4.79 Å². The maximum Gasteiger partial charge on any atom is 0.242 e. The van der Waals surface area contributed by atoms with Crippen molar-refractivity contribution >= 4 is 21.6 Å². The Morgan fingerprint density at radius 2 is 1.76 bits per heavy atom. The molecule has 1 atom stereocenters. The minimum absolute atomic E-state index is 0.112. The number of ether oxygens (including phenoxy) is 2. The van der Waals surface area contributed by atoms with Gasteiger partial charge in [0.1, 0.15) is 0 Å². The van der Waals surface area contributed by atoms with Crippen LogP contribution in [0, 0.1) is 6.92 Å². The molecule has 0 saturated heterocycles. The van der Waals surface area contributed by atoms with Gasteiger partial charge >= 0.3 is 0 Å². The highest BCUT2D eigenvalue weighted by atomic mass is 32.2. The van der Waals surface area contributed by atoms with E-state index in [2.05, 4.69) is 10.0 Å². The molecule has 1 aliphatic heterocycles. The molecule has 0 unspecified atom stereocenters. The maximum absolute atomic E-state index is 12.3. The number of carbonyl (C=O) groups is 1. The molecule has 0 aliphatic carbocycles. The lowest BCUT2D eigenvalue weighted by Gasteiger charge is -2.15. The monoisotopic (exact) mass is 362 g/mol. The standard InChI is InChI=1S/C17H18N2O5S/c1-11-3-6-14(7-4-11)25(21,22)19-12(2)17(20)18-13-5-8-15-16(9-13)24-10-23-15/h3-9,12,19H,10H2,1-2H3,(H,18,20)/t12-/m0/s1. The maximum atomic E-state index is 12.3. The lowest BCUT2D eigenvalue weighted by atomic mass is 10.2. The van der Waals surface area contributed by atoms with Crippen molar-refractivity contribution in [1.29, 1.82) is 0 Å². The fraction of sp³-hybridized carbons (Fsp3) is 0.235. The summed E-state index contributed by atoms with van der Waals surface area (Å²) in [5.41, 5.74) is 1.45. The van der Waals surface area contributed by atoms with Crippen molar-refractivity contribution in [2.45, 2.75) is 24.8 Å². The molecule has 0 fully saturated rings. The van der Waals surface area contributed by atoms with E-state index in [1.54, 1.807) is 30.3 Å². The van der Waals surface area contributed by atoms with Crippen molar-refractivity contribution in [2.75, 3.05) is 12.1 Å². The zero-order valence-corrected chi connectivity index (χ0v) is 14.6. The smallest absolute Gasteiger partial charge is 0.242 e. The number of benzene rings is 2. The van der Waals surface area contributed by atoms with Gasteiger partial charge in [-0.15, -0.1) is 0 Å². The Bertz CT molecular complexity index is 894. The molecule has 0 aromatic heterocycles. The normalized spacial score (nSPS) is 14.2. The molecule has 2 aromatic rings. The summed E-state index contributed by atoms with van der Waals surface area (Å²) in [5.74, 6) is 0.659. The summed E-state index contributed by atoms with van der Waals surface area (Å²) < 4.78 is 37.5. The first kappa shape index (κ1) is 17.2. The molecule has 7 nitrogen and oxygen atoms in total. The molecule has 0 saturated carbocycles. The van der Waals surface area contributed by atoms with Gasteiger partial charge in [-0.1, -0.05) is 17.7 Å². The van der Waals surface area contributed by atoms with Crippen molar-refractivity contribution in [3.8, 4) is 11.5 Å². The number of fused-ring (bicyclic) bond motifs is 1. The number of amides is 1. The number of aryl methyl sites for hydroxylation is 1. The second-order valence-electron chi connectivity index (χ2n) is 5.71. The summed E-state index contributed by atoms with van der Waals surface area (Å²) >= 11 is 0. The van der Waals surface area contributed by atoms with Gasteiger partial charge in [0.15, 0.2) is 11.5 Å². The Labute approximate surface area is 146 Å². The Morgan fingerprint density at radius 1 is 1.08 bits per heavy atom. The Balaban J connectivity index is 1.67. The van der Waals surface area contributed by atoms with E-state index >= 15 is 0 Å². The molecule has 132 valence electrons. The predicted molar refractivity (Wildman–Crippen MR) is 92.2 cm³/mol. The fourth-order valence-corrected chi connectivity index (χ4v) is 3.50. The molecule has 8 heteroatoms. The van der Waals surface area contributed by atoms with Crippen molar-refractivity contribution in [2.24, 2.45) is 0 Å². The van der Waals surface area contributed by atoms with E-state index in [1.807, 2.05) is 6.92 Å². The zero-order chi connectivity index (χ0) is 18.0. The van der Waals surface area contributed by atoms with Crippen molar-refractivity contribution < 1.29 is 22.7 Å². The van der Waals surface area contributed by atoms with E-state index < -0.39 is 22.0 Å². The second kappa shape index (κ2) is 6.73. The first-order valence-corrected chi connectivity index (χ1v) is 9.13. The van der Waals surface area contributed by atoms with Crippen molar-refractivity contribution in [3.05, 3.63) is 48.0 Å². The average Bonchev–Trinajstić information content (AvgIpc) is 3.02. The molecule has 0 radical (unpaired) electrons. The summed E-state index contributed by atoms with van der Waals surface area (Å²) in [6.07, 6.45) is 0. The summed E-state index contributed by atoms with van der Waals surface area (Å²) in [6.45, 7) is 3.48. The summed E-state index contributed by atoms with van der Waals surface area (Å²) in [7, 11) is -3.78. The van der Waals surface area contributed by atoms with Gasteiger partial charge in [0.25, 0.3) is 0 Å². The first-order valence-electron chi connectivity index (χ1n) is 7.65. The number of anilines is 1. The molecule has 0 spiro atoms. The molecule has 0 bridgehead atoms. The molecule has 1 heterocycles. The minimum Gasteiger partial charge on any atom is -0.454 e. The Morgan fingerprint density at radius 3 is 2.48 bits per heavy atom. The van der Waals surface area contributed by atoms with Crippen molar-refractivity contribution in [1.82, 2.24) is 4.72 Å². The van der Waals surface area contributed by atoms with E-state index in [1.165, 1.54) is 19.1 Å². The molecule has 1 aliphatic rings. The largest absolute Gasteiger partial charge is 0.454 e. The van der Waals surface area contributed by atoms with Gasteiger partial charge in [0.05, 0.1) is 10.9 Å². The third-order valence-corrected chi connectivity index (χ3v) is 5.25. The molecular formula is C17H18N2O5S. The lowest BCUT2D eigenvalue weighted by Crippen LogP contribution is -2.41. The van der Waals surface area contributed by atoms with E-state index in [9.17, 15) is 13.2 Å². The van der Waals surface area contributed by atoms with E-state index in [-0.39, 0.29) is 11.7 Å². The van der Waals surface area contributed by atoms with Gasteiger partial charge in [-0.2, -0.15) is 4.72 Å². The lowest BCUT2D eigenvalue weighted by molar-refractivity contribution is -0.117. The highest BCUT2D eigenvalue weighted by Crippen LogP contribution is 2.34. The third kappa shape index (κ3) is 3.92. The Hall–Kier alpha value is -2.58. The third-order valence-electron chi connectivity index (χ3n) is 3.70. The van der Waals surface area contributed by atoms with Gasteiger partial charge in [0, 0.05) is 11.8 Å². The van der Waals surface area contributed by atoms with Crippen LogP contribution in [-0.2, 0) is 14.8 Å².